The number of carbonyl (C=O) groups excluding carboxylic acids is 1. The van der Waals surface area contributed by atoms with Crippen molar-refractivity contribution in [3.63, 3.8) is 0 Å². The molecular formula is C15H24ClNO2. The lowest BCUT2D eigenvalue weighted by Crippen LogP contribution is -3.00. The number of halogens is 1. The molecule has 0 heterocycles. The summed E-state index contributed by atoms with van der Waals surface area (Å²) in [6, 6.07) is 9.93. The van der Waals surface area contributed by atoms with Gasteiger partial charge in [0.05, 0.1) is 13.2 Å². The van der Waals surface area contributed by atoms with Crippen LogP contribution in [0.15, 0.2) is 30.3 Å². The summed E-state index contributed by atoms with van der Waals surface area (Å²) in [5.41, 5.74) is 4.91. The maximum absolute atomic E-state index is 11.5. The van der Waals surface area contributed by atoms with E-state index >= 15 is 0 Å². The molecule has 19 heavy (non-hydrogen) atoms. The van der Waals surface area contributed by atoms with E-state index in [-0.39, 0.29) is 24.8 Å². The van der Waals surface area contributed by atoms with Gasteiger partial charge in [0.15, 0.2) is 5.78 Å². The number of ether oxygens (including phenoxy) is 1. The molecule has 0 saturated carbocycles. The summed E-state index contributed by atoms with van der Waals surface area (Å²) in [5, 5.41) is 0. The fraction of sp³-hybridized carbons (Fsp3) is 0.533. The highest BCUT2D eigenvalue weighted by Crippen LogP contribution is 2.04. The number of quaternary nitrogens is 1. The molecule has 0 unspecified atom stereocenters. The molecule has 0 radical (unpaired) electrons. The van der Waals surface area contributed by atoms with Gasteiger partial charge in [-0.25, -0.2) is 0 Å². The van der Waals surface area contributed by atoms with E-state index in [1.165, 1.54) is 12.8 Å². The van der Waals surface area contributed by atoms with Gasteiger partial charge in [-0.2, -0.15) is 0 Å². The van der Waals surface area contributed by atoms with Gasteiger partial charge in [-0.3, -0.25) is 4.79 Å². The van der Waals surface area contributed by atoms with Crippen molar-refractivity contribution in [3.05, 3.63) is 35.9 Å². The number of unbranched alkanes of at least 4 members (excludes halogenated alkanes) is 3. The number of carbonyl (C=O) groups is 1. The fourth-order valence-corrected chi connectivity index (χ4v) is 1.78. The largest absolute Gasteiger partial charge is 1.00 e. The van der Waals surface area contributed by atoms with Gasteiger partial charge in [0.25, 0.3) is 0 Å². The molecule has 3 nitrogen and oxygen atoms in total. The Kier molecular flexibility index (Phi) is 11.6. The lowest BCUT2D eigenvalue weighted by molar-refractivity contribution is -0.368. The van der Waals surface area contributed by atoms with Gasteiger partial charge in [-0.15, -0.1) is 0 Å². The van der Waals surface area contributed by atoms with Crippen molar-refractivity contribution in [2.75, 3.05) is 13.2 Å². The summed E-state index contributed by atoms with van der Waals surface area (Å²) in [6.45, 7) is 1.76. The highest BCUT2D eigenvalue weighted by Gasteiger charge is 2.02. The third-order valence-corrected chi connectivity index (χ3v) is 2.83. The van der Waals surface area contributed by atoms with E-state index in [4.69, 9.17) is 4.74 Å². The van der Waals surface area contributed by atoms with Crippen LogP contribution >= 0.6 is 0 Å². The predicted octanol–water partition coefficient (Wildman–Crippen LogP) is -1.03. The number of hydrogen-bond donors (Lipinski definition) is 1. The Bertz CT molecular complexity index is 330. The van der Waals surface area contributed by atoms with Crippen LogP contribution in [0.3, 0.4) is 0 Å². The Morgan fingerprint density at radius 2 is 1.74 bits per heavy atom. The minimum absolute atomic E-state index is 0. The van der Waals surface area contributed by atoms with E-state index in [1.54, 1.807) is 0 Å². The van der Waals surface area contributed by atoms with E-state index < -0.39 is 0 Å². The predicted molar refractivity (Wildman–Crippen MR) is 71.9 cm³/mol. The molecule has 0 aliphatic rings. The van der Waals surface area contributed by atoms with Crippen molar-refractivity contribution in [1.82, 2.24) is 0 Å². The number of ketones is 1. The van der Waals surface area contributed by atoms with Gasteiger partial charge in [-0.1, -0.05) is 36.8 Å². The molecule has 1 rings (SSSR count). The van der Waals surface area contributed by atoms with Gasteiger partial charge < -0.3 is 22.9 Å². The molecular weight excluding hydrogens is 262 g/mol. The molecule has 0 aliphatic heterocycles. The quantitative estimate of drug-likeness (QED) is 0.559. The van der Waals surface area contributed by atoms with Crippen LogP contribution in [-0.2, 0) is 16.1 Å². The van der Waals surface area contributed by atoms with Gasteiger partial charge in [0.1, 0.15) is 6.61 Å². The second-order valence-corrected chi connectivity index (χ2v) is 4.53. The first-order valence-electron chi connectivity index (χ1n) is 6.75. The van der Waals surface area contributed by atoms with Crippen molar-refractivity contribution in [3.8, 4) is 0 Å². The molecule has 0 spiro atoms. The third-order valence-electron chi connectivity index (χ3n) is 2.83. The van der Waals surface area contributed by atoms with Crippen LogP contribution in [0.25, 0.3) is 0 Å². The normalized spacial score (nSPS) is 9.95. The summed E-state index contributed by atoms with van der Waals surface area (Å²) in [4.78, 5) is 11.5. The second kappa shape index (κ2) is 12.2. The van der Waals surface area contributed by atoms with Gasteiger partial charge in [-0.05, 0) is 24.8 Å². The maximum Gasteiger partial charge on any atom is 0.158 e. The van der Waals surface area contributed by atoms with Crippen molar-refractivity contribution in [2.45, 2.75) is 38.7 Å². The number of hydrogen-bond acceptors (Lipinski definition) is 2. The van der Waals surface area contributed by atoms with E-state index in [9.17, 15) is 4.79 Å². The van der Waals surface area contributed by atoms with Crippen molar-refractivity contribution in [2.24, 2.45) is 0 Å². The first-order chi connectivity index (χ1) is 8.83. The molecule has 1 aromatic carbocycles. The van der Waals surface area contributed by atoms with Crippen molar-refractivity contribution >= 4 is 5.78 Å². The average Bonchev–Trinajstić information content (AvgIpc) is 2.40. The average molecular weight is 286 g/mol. The SMILES string of the molecule is [Cl-].[NH3+]CCCCCCC(=O)COCc1ccccc1. The standard InChI is InChI=1S/C15H23NO2.ClH/c16-11-7-2-1-6-10-15(17)13-18-12-14-8-4-3-5-9-14;/h3-5,8-9H,1-2,6-7,10-13,16H2;1H. The fourth-order valence-electron chi connectivity index (χ4n) is 1.78. The Labute approximate surface area is 121 Å². The summed E-state index contributed by atoms with van der Waals surface area (Å²) >= 11 is 0. The van der Waals surface area contributed by atoms with Crippen LogP contribution in [0.1, 0.15) is 37.7 Å². The zero-order valence-corrected chi connectivity index (χ0v) is 12.2. The lowest BCUT2D eigenvalue weighted by atomic mass is 10.1. The monoisotopic (exact) mass is 285 g/mol. The third kappa shape index (κ3) is 9.65. The van der Waals surface area contributed by atoms with Crippen LogP contribution in [0, 0.1) is 0 Å². The molecule has 1 aromatic rings. The molecule has 0 aliphatic carbocycles. The van der Waals surface area contributed by atoms with E-state index in [0.717, 1.165) is 24.9 Å². The summed E-state index contributed by atoms with van der Waals surface area (Å²) in [6.07, 6.45) is 5.10. The minimum atomic E-state index is 0. The first-order valence-corrected chi connectivity index (χ1v) is 6.75. The Morgan fingerprint density at radius 1 is 1.05 bits per heavy atom. The Hall–Kier alpha value is -0.900. The molecule has 0 aromatic heterocycles. The molecule has 108 valence electrons. The minimum Gasteiger partial charge on any atom is -1.00 e. The summed E-state index contributed by atoms with van der Waals surface area (Å²) in [5.74, 6) is 0.209. The second-order valence-electron chi connectivity index (χ2n) is 4.53. The molecule has 4 heteroatoms. The smallest absolute Gasteiger partial charge is 0.158 e. The Morgan fingerprint density at radius 3 is 2.42 bits per heavy atom. The molecule has 0 saturated heterocycles. The number of Topliss-reactive ketones (excluding diaryl/α,β-unsaturated/α-hetero) is 1. The highest BCUT2D eigenvalue weighted by molar-refractivity contribution is 5.79. The molecule has 0 bridgehead atoms. The van der Waals surface area contributed by atoms with Gasteiger partial charge >= 0.3 is 0 Å². The van der Waals surface area contributed by atoms with Crippen molar-refractivity contribution < 1.29 is 27.7 Å². The highest BCUT2D eigenvalue weighted by atomic mass is 35.5. The van der Waals surface area contributed by atoms with Gasteiger partial charge in [0.2, 0.25) is 0 Å². The number of rotatable bonds is 10. The molecule has 0 fully saturated rings. The maximum atomic E-state index is 11.5. The molecule has 0 amide bonds. The van der Waals surface area contributed by atoms with E-state index in [2.05, 4.69) is 5.73 Å². The zero-order valence-electron chi connectivity index (χ0n) is 11.4. The summed E-state index contributed by atoms with van der Waals surface area (Å²) in [7, 11) is 0. The van der Waals surface area contributed by atoms with Crippen LogP contribution in [0.4, 0.5) is 0 Å². The Balaban J connectivity index is 0.00000324. The van der Waals surface area contributed by atoms with E-state index in [0.29, 0.717) is 13.0 Å². The van der Waals surface area contributed by atoms with Crippen LogP contribution in [-0.4, -0.2) is 18.9 Å². The van der Waals surface area contributed by atoms with Crippen LogP contribution in [0.2, 0.25) is 0 Å². The number of benzene rings is 1. The van der Waals surface area contributed by atoms with Gasteiger partial charge in [0, 0.05) is 6.42 Å². The van der Waals surface area contributed by atoms with Crippen molar-refractivity contribution in [1.29, 1.82) is 0 Å². The topological polar surface area (TPSA) is 53.9 Å². The van der Waals surface area contributed by atoms with E-state index in [1.807, 2.05) is 30.3 Å². The summed E-state index contributed by atoms with van der Waals surface area (Å²) < 4.78 is 5.40. The zero-order chi connectivity index (χ0) is 13.1. The van der Waals surface area contributed by atoms with Crippen LogP contribution in [0.5, 0.6) is 0 Å². The lowest BCUT2D eigenvalue weighted by Gasteiger charge is -2.04. The molecule has 0 atom stereocenters. The van der Waals surface area contributed by atoms with Crippen LogP contribution < -0.4 is 18.1 Å². The molecule has 3 N–H and O–H groups in total. The first kappa shape index (κ1) is 18.1.